The first-order chi connectivity index (χ1) is 22.6. The highest BCUT2D eigenvalue weighted by molar-refractivity contribution is 7.96. The number of hydrogen-bond donors (Lipinski definition) is 6. The molecule has 0 aliphatic heterocycles. The molecule has 0 atom stereocenters. The van der Waals surface area contributed by atoms with Crippen LogP contribution in [0.4, 0.5) is 0 Å². The van der Waals surface area contributed by atoms with Gasteiger partial charge in [0.15, 0.2) is 21.6 Å². The third-order valence-electron chi connectivity index (χ3n) is 7.17. The normalized spacial score (nSPS) is 17.7. The monoisotopic (exact) mass is 780 g/mol. The van der Waals surface area contributed by atoms with E-state index in [-0.39, 0.29) is 21.4 Å². The largest absolute Gasteiger partial charge is 0.396 e. The molecule has 2 rings (SSSR count). The van der Waals surface area contributed by atoms with E-state index in [9.17, 15) is 0 Å². The van der Waals surface area contributed by atoms with Crippen LogP contribution in [0.2, 0.25) is 0 Å². The number of thiocarbonyl (C=S) groups is 4. The minimum Gasteiger partial charge on any atom is -0.396 e. The summed E-state index contributed by atoms with van der Waals surface area (Å²) < 4.78 is 11.1. The number of rotatable bonds is 13. The van der Waals surface area contributed by atoms with Gasteiger partial charge in [0, 0.05) is 11.5 Å². The van der Waals surface area contributed by atoms with Crippen LogP contribution in [0.3, 0.4) is 0 Å². The molecule has 0 bridgehead atoms. The van der Waals surface area contributed by atoms with Gasteiger partial charge in [0.25, 0.3) is 10.3 Å². The fourth-order valence-corrected chi connectivity index (χ4v) is 6.85. The van der Waals surface area contributed by atoms with E-state index in [4.69, 9.17) is 57.2 Å². The van der Waals surface area contributed by atoms with E-state index in [1.165, 1.54) is 36.9 Å². The van der Waals surface area contributed by atoms with E-state index in [2.05, 4.69) is 52.8 Å². The predicted octanol–water partition coefficient (Wildman–Crippen LogP) is 8.21. The Morgan fingerprint density at radius 3 is 1.25 bits per heavy atom. The Labute approximate surface area is 318 Å². The number of azo groups is 2. The van der Waals surface area contributed by atoms with E-state index in [1.54, 1.807) is 0 Å². The van der Waals surface area contributed by atoms with Gasteiger partial charge in [0.1, 0.15) is 0 Å². The zero-order valence-corrected chi connectivity index (χ0v) is 34.3. The Hall–Kier alpha value is -1.34. The molecule has 48 heavy (non-hydrogen) atoms. The fraction of sp³-hybridized carbons (Fsp3) is 0.867. The fourth-order valence-electron chi connectivity index (χ4n) is 4.87. The van der Waals surface area contributed by atoms with Crippen molar-refractivity contribution in [2.45, 2.75) is 154 Å². The predicted molar refractivity (Wildman–Crippen MR) is 216 cm³/mol. The molecule has 274 valence electrons. The summed E-state index contributed by atoms with van der Waals surface area (Å²) in [6.45, 7) is 12.2. The molecule has 0 aromatic heterocycles. The first kappa shape index (κ1) is 42.8. The van der Waals surface area contributed by atoms with Crippen molar-refractivity contribution < 1.29 is 8.37 Å². The summed E-state index contributed by atoms with van der Waals surface area (Å²) in [6.07, 6.45) is 14.5. The van der Waals surface area contributed by atoms with Crippen LogP contribution in [-0.4, -0.2) is 54.5 Å². The smallest absolute Gasteiger partial charge is 0.288 e. The zero-order chi connectivity index (χ0) is 35.5. The summed E-state index contributed by atoms with van der Waals surface area (Å²) in [5.74, 6) is 1.66. The van der Waals surface area contributed by atoms with Gasteiger partial charge in [0.05, 0.1) is 35.2 Å². The third-order valence-corrected chi connectivity index (χ3v) is 9.64. The van der Waals surface area contributed by atoms with Crippen LogP contribution in [0.5, 0.6) is 0 Å². The van der Waals surface area contributed by atoms with Crippen LogP contribution in [0.25, 0.3) is 0 Å². The van der Waals surface area contributed by atoms with Crippen LogP contribution in [-0.2, 0) is 8.37 Å². The lowest BCUT2D eigenvalue weighted by Crippen LogP contribution is -2.55. The molecule has 2 fully saturated rings. The molecule has 0 heterocycles. The molecule has 0 aromatic carbocycles. The molecule has 0 saturated heterocycles. The average Bonchev–Trinajstić information content (AvgIpc) is 3.02. The number of nitrogens with one attached hydrogen (secondary N) is 6. The van der Waals surface area contributed by atoms with E-state index >= 15 is 0 Å². The van der Waals surface area contributed by atoms with Crippen molar-refractivity contribution >= 4 is 93.5 Å². The van der Waals surface area contributed by atoms with Crippen molar-refractivity contribution in [2.24, 2.45) is 20.5 Å². The molecule has 0 spiro atoms. The molecule has 2 aliphatic rings. The Morgan fingerprint density at radius 2 is 0.917 bits per heavy atom. The molecule has 12 nitrogen and oxygen atoms in total. The lowest BCUT2D eigenvalue weighted by atomic mass is 9.90. The van der Waals surface area contributed by atoms with Gasteiger partial charge in [-0.3, -0.25) is 21.7 Å². The minimum atomic E-state index is -0.483. The highest BCUT2D eigenvalue weighted by Crippen LogP contribution is 2.32. The average molecular weight is 781 g/mol. The number of hydrazine groups is 2. The lowest BCUT2D eigenvalue weighted by Gasteiger charge is -2.35. The highest BCUT2D eigenvalue weighted by Gasteiger charge is 2.34. The minimum absolute atomic E-state index is 0.224. The van der Waals surface area contributed by atoms with Gasteiger partial charge >= 0.3 is 0 Å². The molecule has 0 amide bonds. The van der Waals surface area contributed by atoms with Crippen molar-refractivity contribution in [1.82, 2.24) is 32.3 Å². The Balaban J connectivity index is 1.49. The molecular formula is C30H56N10O2S6. The van der Waals surface area contributed by atoms with Crippen molar-refractivity contribution in [3.63, 3.8) is 0 Å². The van der Waals surface area contributed by atoms with Gasteiger partial charge in [0.2, 0.25) is 0 Å². The maximum absolute atomic E-state index is 5.55. The molecule has 18 heteroatoms. The maximum atomic E-state index is 5.55. The second-order valence-electron chi connectivity index (χ2n) is 14.1. The van der Waals surface area contributed by atoms with Crippen molar-refractivity contribution in [1.29, 1.82) is 0 Å². The lowest BCUT2D eigenvalue weighted by molar-refractivity contribution is 0.254. The van der Waals surface area contributed by atoms with Gasteiger partial charge in [-0.05, 0) is 155 Å². The van der Waals surface area contributed by atoms with Crippen LogP contribution in [0.1, 0.15) is 131 Å². The van der Waals surface area contributed by atoms with Gasteiger partial charge in [-0.15, -0.1) is 0 Å². The molecule has 2 saturated carbocycles. The first-order valence-electron chi connectivity index (χ1n) is 16.8. The van der Waals surface area contributed by atoms with Crippen molar-refractivity contribution in [3.05, 3.63) is 0 Å². The van der Waals surface area contributed by atoms with Crippen LogP contribution in [0.15, 0.2) is 20.5 Å². The number of unbranched alkanes of at least 4 members (excludes halogenated alkanes) is 3. The van der Waals surface area contributed by atoms with Gasteiger partial charge in [-0.1, -0.05) is 25.7 Å². The van der Waals surface area contributed by atoms with Gasteiger partial charge in [-0.25, -0.2) is 0 Å². The van der Waals surface area contributed by atoms with Crippen LogP contribution in [0, 0.1) is 0 Å². The topological polar surface area (TPSA) is 140 Å². The molecule has 0 unspecified atom stereocenters. The summed E-state index contributed by atoms with van der Waals surface area (Å²) >= 11 is 24.2. The van der Waals surface area contributed by atoms with Gasteiger partial charge < -0.3 is 19.0 Å². The zero-order valence-electron chi connectivity index (χ0n) is 29.4. The molecule has 0 radical (unpaired) electrons. The summed E-state index contributed by atoms with van der Waals surface area (Å²) in [6, 6.07) is 0. The van der Waals surface area contributed by atoms with Gasteiger partial charge in [-0.2, -0.15) is 20.5 Å². The molecule has 2 aliphatic carbocycles. The maximum Gasteiger partial charge on any atom is 0.288 e. The summed E-state index contributed by atoms with van der Waals surface area (Å²) in [5, 5.41) is 26.3. The van der Waals surface area contributed by atoms with E-state index < -0.39 is 11.3 Å². The Morgan fingerprint density at radius 1 is 0.562 bits per heavy atom. The molecular weight excluding hydrogens is 725 g/mol. The summed E-state index contributed by atoms with van der Waals surface area (Å²) in [5.41, 5.74) is 10.1. The van der Waals surface area contributed by atoms with Crippen LogP contribution < -0.4 is 32.3 Å². The Kier molecular flexibility index (Phi) is 19.4. The molecule has 6 N–H and O–H groups in total. The SMILES string of the molecule is CC(C)(C)N=NC1(NC(=S)NNC(=S)OSCCCCCCSOC(=S)NNC(=S)NC2(N=NC(C)(C)C)CCCCC2)CCCCC1. The first-order valence-corrected chi connectivity index (χ1v) is 20.3. The highest BCUT2D eigenvalue weighted by atomic mass is 32.2. The molecule has 0 aromatic rings. The summed E-state index contributed by atoms with van der Waals surface area (Å²) in [4.78, 5) is 0. The van der Waals surface area contributed by atoms with Crippen molar-refractivity contribution in [2.75, 3.05) is 11.5 Å². The number of hydrogen-bond acceptors (Lipinski definition) is 12. The number of nitrogens with zero attached hydrogens (tertiary/aromatic N) is 4. The van der Waals surface area contributed by atoms with E-state index in [1.807, 2.05) is 41.5 Å². The Bertz CT molecular complexity index is 1000. The van der Waals surface area contributed by atoms with E-state index in [0.717, 1.165) is 88.6 Å². The summed E-state index contributed by atoms with van der Waals surface area (Å²) in [7, 11) is 0. The third kappa shape index (κ3) is 19.7. The standard InChI is InChI=1S/C30H56N10O2S6/c1-27(2,3)37-39-29(17-11-9-12-18-29)31-23(43)33-35-25(45)41-47-21-15-7-8-16-22-48-42-26(46)36-34-24(44)32-30(19-13-10-14-20-30)40-38-28(4,5)6/h7-22H2,1-6H3,(H,35,45)(H,36,46)(H2,31,33,43)(H2,32,34,44). The van der Waals surface area contributed by atoms with Crippen LogP contribution >= 0.6 is 73.0 Å². The quantitative estimate of drug-likeness (QED) is 0.0352. The van der Waals surface area contributed by atoms with Crippen molar-refractivity contribution in [3.8, 4) is 0 Å². The second kappa shape index (κ2) is 21.8. The second-order valence-corrected chi connectivity index (χ2v) is 17.3. The van der Waals surface area contributed by atoms with E-state index in [0.29, 0.717) is 10.2 Å².